The first kappa shape index (κ1) is 39.6. The maximum absolute atomic E-state index is 6.65. The smallest absolute Gasteiger partial charge is 0.164 e. The van der Waals surface area contributed by atoms with E-state index in [0.717, 1.165) is 66.4 Å². The molecule has 14 rings (SSSR count). The van der Waals surface area contributed by atoms with Crippen LogP contribution in [0.3, 0.4) is 0 Å². The Labute approximate surface area is 405 Å². The molecule has 0 fully saturated rings. The molecule has 4 aromatic heterocycles. The normalized spacial score (nSPS) is 11.8. The van der Waals surface area contributed by atoms with Crippen LogP contribution in [0.4, 0.5) is 0 Å². The topological polar surface area (TPSA) is 51.8 Å². The molecule has 69 heavy (non-hydrogen) atoms. The van der Waals surface area contributed by atoms with Crippen molar-refractivity contribution in [2.24, 2.45) is 0 Å². The lowest BCUT2D eigenvalue weighted by atomic mass is 9.95. The summed E-state index contributed by atoms with van der Waals surface area (Å²) in [4.78, 5) is 15.8. The maximum atomic E-state index is 6.65. The lowest BCUT2D eigenvalue weighted by Gasteiger charge is -2.11. The van der Waals surface area contributed by atoms with Gasteiger partial charge >= 0.3 is 0 Å². The molecule has 14 aromatic rings. The van der Waals surface area contributed by atoms with E-state index in [1.807, 2.05) is 46.9 Å². The van der Waals surface area contributed by atoms with Gasteiger partial charge in [0.25, 0.3) is 0 Å². The Hall–Kier alpha value is -8.55. The summed E-state index contributed by atoms with van der Waals surface area (Å²) in [6, 6.07) is 79.7. The minimum atomic E-state index is 0.580. The summed E-state index contributed by atoms with van der Waals surface area (Å²) >= 11 is 3.74. The summed E-state index contributed by atoms with van der Waals surface area (Å²) in [6.07, 6.45) is 0. The predicted molar refractivity (Wildman–Crippen MR) is 291 cm³/mol. The van der Waals surface area contributed by atoms with Crippen molar-refractivity contribution in [3.63, 3.8) is 0 Å². The van der Waals surface area contributed by atoms with E-state index < -0.39 is 0 Å². The molecular weight excluding hydrogens is 879 g/mol. The lowest BCUT2D eigenvalue weighted by molar-refractivity contribution is 0.669. The van der Waals surface area contributed by atoms with Crippen LogP contribution >= 0.6 is 22.7 Å². The van der Waals surface area contributed by atoms with Crippen molar-refractivity contribution >= 4 is 85.0 Å². The molecule has 10 aromatic carbocycles. The number of fused-ring (bicyclic) bond motifs is 9. The molecule has 4 heterocycles. The van der Waals surface area contributed by atoms with Gasteiger partial charge in [-0.3, -0.25) is 0 Å². The molecule has 4 nitrogen and oxygen atoms in total. The van der Waals surface area contributed by atoms with E-state index in [-0.39, 0.29) is 0 Å². The van der Waals surface area contributed by atoms with Gasteiger partial charge in [0.15, 0.2) is 17.5 Å². The van der Waals surface area contributed by atoms with Crippen molar-refractivity contribution in [1.82, 2.24) is 15.0 Å². The van der Waals surface area contributed by atoms with Crippen LogP contribution in [0, 0.1) is 0 Å². The number of nitrogens with zero attached hydrogens (tertiary/aromatic N) is 3. The first-order chi connectivity index (χ1) is 34.2. The van der Waals surface area contributed by atoms with Crippen LogP contribution in [0.25, 0.3) is 141 Å². The second kappa shape index (κ2) is 16.1. The van der Waals surface area contributed by atoms with Gasteiger partial charge < -0.3 is 4.42 Å². The molecule has 0 saturated carbocycles. The van der Waals surface area contributed by atoms with Crippen LogP contribution in [0.1, 0.15) is 0 Å². The summed E-state index contributed by atoms with van der Waals surface area (Å²) in [5, 5.41) is 7.13. The van der Waals surface area contributed by atoms with Crippen molar-refractivity contribution in [3.05, 3.63) is 224 Å². The van der Waals surface area contributed by atoms with Gasteiger partial charge in [0.05, 0.1) is 0 Å². The second-order valence-electron chi connectivity index (χ2n) is 17.5. The quantitative estimate of drug-likeness (QED) is 0.160. The Balaban J connectivity index is 0.927. The Morgan fingerprint density at radius 1 is 0.275 bits per heavy atom. The second-order valence-corrected chi connectivity index (χ2v) is 19.6. The molecule has 0 aliphatic heterocycles. The third-order valence-corrected chi connectivity index (χ3v) is 15.7. The van der Waals surface area contributed by atoms with E-state index in [0.29, 0.717) is 17.5 Å². The predicted octanol–water partition coefficient (Wildman–Crippen LogP) is 18.2. The fraction of sp³-hybridized carbons (Fsp3) is 0. The molecule has 0 radical (unpaired) electrons. The number of benzene rings is 10. The van der Waals surface area contributed by atoms with Gasteiger partial charge in [-0.05, 0) is 93.0 Å². The minimum absolute atomic E-state index is 0.580. The average molecular weight is 916 g/mol. The number of hydrogen-bond donors (Lipinski definition) is 0. The Morgan fingerprint density at radius 2 is 0.826 bits per heavy atom. The first-order valence-corrected chi connectivity index (χ1v) is 24.7. The van der Waals surface area contributed by atoms with Crippen LogP contribution in [0.2, 0.25) is 0 Å². The van der Waals surface area contributed by atoms with E-state index in [1.165, 1.54) is 57.0 Å². The highest BCUT2D eigenvalue weighted by molar-refractivity contribution is 7.26. The number of furan rings is 1. The summed E-state index contributed by atoms with van der Waals surface area (Å²) < 4.78 is 11.8. The molecule has 0 amide bonds. The van der Waals surface area contributed by atoms with Gasteiger partial charge in [0, 0.05) is 67.8 Å². The van der Waals surface area contributed by atoms with Gasteiger partial charge in [-0.15, -0.1) is 22.7 Å². The highest BCUT2D eigenvalue weighted by Gasteiger charge is 2.21. The number of hydrogen-bond acceptors (Lipinski definition) is 6. The Bertz CT molecular complexity index is 4220. The number of aromatic nitrogens is 3. The van der Waals surface area contributed by atoms with E-state index in [9.17, 15) is 0 Å². The Morgan fingerprint density at radius 3 is 1.59 bits per heavy atom. The van der Waals surface area contributed by atoms with Crippen LogP contribution in [-0.4, -0.2) is 15.0 Å². The molecule has 0 unspecified atom stereocenters. The van der Waals surface area contributed by atoms with Crippen LogP contribution in [0.5, 0.6) is 0 Å². The first-order valence-electron chi connectivity index (χ1n) is 23.1. The molecule has 0 spiro atoms. The SMILES string of the molecule is c1ccc(-c2cccc(-c3nc(-c4cccc(-c5ccccc5)c4)nc(-c4cccc5oc6ccc(-c7cccc8sc9c(-c%10ccc%11c(c%10)sc%10ccccc%10%11)cccc9c78)cc6c45)n3)c2)cc1. The third kappa shape index (κ3) is 6.75. The van der Waals surface area contributed by atoms with Crippen molar-refractivity contribution in [3.8, 4) is 78.7 Å². The van der Waals surface area contributed by atoms with E-state index in [2.05, 4.69) is 200 Å². The molecule has 0 aliphatic rings. The highest BCUT2D eigenvalue weighted by atomic mass is 32.1. The molecular formula is C63H37N3OS2. The lowest BCUT2D eigenvalue weighted by Crippen LogP contribution is -2.00. The molecule has 0 N–H and O–H groups in total. The summed E-state index contributed by atoms with van der Waals surface area (Å²) in [5.41, 5.74) is 13.5. The van der Waals surface area contributed by atoms with Gasteiger partial charge in [-0.25, -0.2) is 15.0 Å². The fourth-order valence-electron chi connectivity index (χ4n) is 10.1. The highest BCUT2D eigenvalue weighted by Crippen LogP contribution is 2.46. The van der Waals surface area contributed by atoms with Crippen molar-refractivity contribution in [2.75, 3.05) is 0 Å². The zero-order valence-electron chi connectivity index (χ0n) is 36.9. The van der Waals surface area contributed by atoms with E-state index in [4.69, 9.17) is 19.4 Å². The molecule has 0 aliphatic carbocycles. The van der Waals surface area contributed by atoms with Gasteiger partial charge in [-0.1, -0.05) is 176 Å². The largest absolute Gasteiger partial charge is 0.456 e. The summed E-state index contributed by atoms with van der Waals surface area (Å²) in [6.45, 7) is 0. The van der Waals surface area contributed by atoms with Gasteiger partial charge in [0.1, 0.15) is 11.2 Å². The fourth-order valence-corrected chi connectivity index (χ4v) is 12.5. The van der Waals surface area contributed by atoms with Crippen LogP contribution < -0.4 is 0 Å². The minimum Gasteiger partial charge on any atom is -0.456 e. The zero-order valence-corrected chi connectivity index (χ0v) is 38.6. The summed E-state index contributed by atoms with van der Waals surface area (Å²) in [7, 11) is 0. The van der Waals surface area contributed by atoms with E-state index in [1.54, 1.807) is 0 Å². The van der Waals surface area contributed by atoms with Crippen LogP contribution in [-0.2, 0) is 0 Å². The zero-order chi connectivity index (χ0) is 45.4. The molecule has 0 atom stereocenters. The average Bonchev–Trinajstić information content (AvgIpc) is 4.12. The molecule has 0 bridgehead atoms. The van der Waals surface area contributed by atoms with Crippen molar-refractivity contribution in [2.45, 2.75) is 0 Å². The van der Waals surface area contributed by atoms with E-state index >= 15 is 0 Å². The molecule has 322 valence electrons. The standard InChI is InChI=1S/C63H37N3OS2/c1-3-14-38(15-4-1)40-18-9-20-44(34-40)61-64-62(45-21-10-19-41(35-45)39-16-5-2-6-17-39)66-63(65-61)51-26-12-27-54-58(51)52-36-42(31-33-53(52)67-54)46-23-13-29-56-59(46)50-25-11-24-47(60(50)69-56)43-30-32-49-48-22-7-8-28-55(48)68-57(49)37-43/h1-37H. The monoisotopic (exact) mass is 915 g/mol. The molecule has 6 heteroatoms. The molecule has 0 saturated heterocycles. The van der Waals surface area contributed by atoms with Gasteiger partial charge in [0.2, 0.25) is 0 Å². The number of thiophene rings is 2. The van der Waals surface area contributed by atoms with Gasteiger partial charge in [-0.2, -0.15) is 0 Å². The van der Waals surface area contributed by atoms with Crippen molar-refractivity contribution in [1.29, 1.82) is 0 Å². The third-order valence-electron chi connectivity index (χ3n) is 13.4. The Kier molecular flexibility index (Phi) is 9.22. The summed E-state index contributed by atoms with van der Waals surface area (Å²) in [5.74, 6) is 1.78. The maximum Gasteiger partial charge on any atom is 0.164 e. The number of rotatable bonds is 7. The van der Waals surface area contributed by atoms with Crippen LogP contribution in [0.15, 0.2) is 229 Å². The van der Waals surface area contributed by atoms with Crippen molar-refractivity contribution < 1.29 is 4.42 Å².